The number of nitrogens with zero attached hydrogens (tertiary/aromatic N) is 3. The summed E-state index contributed by atoms with van der Waals surface area (Å²) in [5.41, 5.74) is 8.70. The quantitative estimate of drug-likeness (QED) is 0.328. The largest absolute Gasteiger partial charge is 0.444 e. The van der Waals surface area contributed by atoms with E-state index in [-0.39, 0.29) is 11.6 Å². The first-order valence-electron chi connectivity index (χ1n) is 13.3. The number of ether oxygens (including phenoxy) is 1. The highest BCUT2D eigenvalue weighted by Crippen LogP contribution is 2.43. The topological polar surface area (TPSA) is 77.0 Å². The summed E-state index contributed by atoms with van der Waals surface area (Å²) in [6.45, 7) is 5.66. The molecule has 0 aliphatic heterocycles. The van der Waals surface area contributed by atoms with Gasteiger partial charge in [-0.1, -0.05) is 54.6 Å². The van der Waals surface area contributed by atoms with Crippen LogP contribution in [-0.4, -0.2) is 26.6 Å². The van der Waals surface area contributed by atoms with Gasteiger partial charge in [-0.05, 0) is 75.6 Å². The van der Waals surface area contributed by atoms with E-state index >= 15 is 0 Å². The summed E-state index contributed by atoms with van der Waals surface area (Å²) < 4.78 is 5.56. The van der Waals surface area contributed by atoms with Crippen molar-refractivity contribution < 1.29 is 9.53 Å². The molecule has 1 fully saturated rings. The molecule has 6 heteroatoms. The highest BCUT2D eigenvalue weighted by atomic mass is 16.6. The number of hydrogen-bond acceptors (Lipinski definition) is 5. The molecule has 0 spiro atoms. The number of pyridine rings is 1. The standard InChI is InChI=1S/C32H32N4O2/c1-31(2,3)38-30(37)36-32(16-7-17-32)24-13-10-22(11-14-24)29-25(21-8-5-4-6-9-21)18-26-27(35-29)15-12-23-19-33-20-34-28(23)26/h4-6,8-11,13-14,18-20H,7,12,15-17H2,1-3H3,(H,36,37). The van der Waals surface area contributed by atoms with Gasteiger partial charge in [0.15, 0.2) is 0 Å². The molecule has 38 heavy (non-hydrogen) atoms. The van der Waals surface area contributed by atoms with Crippen LogP contribution in [0.3, 0.4) is 0 Å². The maximum Gasteiger partial charge on any atom is 0.408 e. The first kappa shape index (κ1) is 24.3. The molecule has 2 aliphatic rings. The molecule has 2 aromatic heterocycles. The van der Waals surface area contributed by atoms with Gasteiger partial charge in [-0.25, -0.2) is 14.8 Å². The molecular weight excluding hydrogens is 472 g/mol. The number of carbonyl (C=O) groups is 1. The second-order valence-electron chi connectivity index (χ2n) is 11.3. The summed E-state index contributed by atoms with van der Waals surface area (Å²) in [6.07, 6.45) is 7.79. The van der Waals surface area contributed by atoms with E-state index in [0.29, 0.717) is 0 Å². The number of alkyl carbamates (subject to hydrolysis) is 1. The van der Waals surface area contributed by atoms with Gasteiger partial charge >= 0.3 is 6.09 Å². The minimum absolute atomic E-state index is 0.368. The first-order chi connectivity index (χ1) is 18.3. The van der Waals surface area contributed by atoms with Crippen LogP contribution in [-0.2, 0) is 23.1 Å². The molecule has 6 nitrogen and oxygen atoms in total. The lowest BCUT2D eigenvalue weighted by atomic mass is 9.71. The lowest BCUT2D eigenvalue weighted by Gasteiger charge is -2.43. The fourth-order valence-corrected chi connectivity index (χ4v) is 5.50. The molecular formula is C32H32N4O2. The lowest BCUT2D eigenvalue weighted by Crippen LogP contribution is -2.52. The second kappa shape index (κ2) is 9.35. The third-order valence-corrected chi connectivity index (χ3v) is 7.52. The molecule has 0 atom stereocenters. The zero-order chi connectivity index (χ0) is 26.3. The van der Waals surface area contributed by atoms with Crippen molar-refractivity contribution in [3.05, 3.63) is 90.0 Å². The van der Waals surface area contributed by atoms with E-state index in [4.69, 9.17) is 9.72 Å². The van der Waals surface area contributed by atoms with Gasteiger partial charge in [0.2, 0.25) is 0 Å². The zero-order valence-electron chi connectivity index (χ0n) is 22.1. The van der Waals surface area contributed by atoms with Gasteiger partial charge in [0.25, 0.3) is 0 Å². The van der Waals surface area contributed by atoms with E-state index in [1.54, 1.807) is 6.33 Å². The van der Waals surface area contributed by atoms with E-state index in [0.717, 1.165) is 77.0 Å². The Kier molecular flexibility index (Phi) is 5.98. The predicted octanol–water partition coefficient (Wildman–Crippen LogP) is 6.88. The highest BCUT2D eigenvalue weighted by Gasteiger charge is 2.41. The van der Waals surface area contributed by atoms with Gasteiger partial charge in [-0.3, -0.25) is 4.98 Å². The predicted molar refractivity (Wildman–Crippen MR) is 148 cm³/mol. The van der Waals surface area contributed by atoms with Crippen LogP contribution in [0.5, 0.6) is 0 Å². The summed E-state index contributed by atoms with van der Waals surface area (Å²) in [4.78, 5) is 26.7. The van der Waals surface area contributed by atoms with Crippen LogP contribution in [0.4, 0.5) is 4.79 Å². The van der Waals surface area contributed by atoms with E-state index in [2.05, 4.69) is 69.9 Å². The van der Waals surface area contributed by atoms with Crippen LogP contribution in [0.25, 0.3) is 33.6 Å². The summed E-state index contributed by atoms with van der Waals surface area (Å²) in [5, 5.41) is 3.16. The van der Waals surface area contributed by atoms with Crippen molar-refractivity contribution in [1.82, 2.24) is 20.3 Å². The number of aryl methyl sites for hydroxylation is 2. The SMILES string of the molecule is CC(C)(C)OC(=O)NC1(c2ccc(-c3nc4c(cc3-c3ccccc3)-c3ncncc3CC4)cc2)CCC1. The first-order valence-corrected chi connectivity index (χ1v) is 13.3. The fraction of sp³-hybridized carbons (Fsp3) is 0.312. The Morgan fingerprint density at radius 2 is 1.68 bits per heavy atom. The minimum atomic E-state index is -0.530. The van der Waals surface area contributed by atoms with Crippen LogP contribution in [0.1, 0.15) is 56.9 Å². The minimum Gasteiger partial charge on any atom is -0.444 e. The molecule has 0 saturated heterocycles. The number of rotatable bonds is 4. The summed E-state index contributed by atoms with van der Waals surface area (Å²) in [5.74, 6) is 0. The van der Waals surface area contributed by atoms with Crippen molar-refractivity contribution in [3.63, 3.8) is 0 Å². The zero-order valence-corrected chi connectivity index (χ0v) is 22.1. The van der Waals surface area contributed by atoms with E-state index < -0.39 is 5.60 Å². The molecule has 2 aliphatic carbocycles. The second-order valence-corrected chi connectivity index (χ2v) is 11.3. The molecule has 0 radical (unpaired) electrons. The van der Waals surface area contributed by atoms with Crippen molar-refractivity contribution in [2.45, 2.75) is 64.0 Å². The average molecular weight is 505 g/mol. The van der Waals surface area contributed by atoms with E-state index in [1.165, 1.54) is 5.56 Å². The number of benzene rings is 2. The molecule has 0 bridgehead atoms. The summed E-state index contributed by atoms with van der Waals surface area (Å²) in [6, 6.07) is 21.2. The molecule has 2 heterocycles. The van der Waals surface area contributed by atoms with Crippen molar-refractivity contribution >= 4 is 6.09 Å². The Morgan fingerprint density at radius 1 is 0.921 bits per heavy atom. The number of hydrogen-bond donors (Lipinski definition) is 1. The molecule has 0 unspecified atom stereocenters. The number of aromatic nitrogens is 3. The molecule has 1 N–H and O–H groups in total. The number of nitrogens with one attached hydrogen (secondary N) is 1. The lowest BCUT2D eigenvalue weighted by molar-refractivity contribution is 0.0377. The maximum absolute atomic E-state index is 12.6. The van der Waals surface area contributed by atoms with Crippen molar-refractivity contribution in [2.75, 3.05) is 0 Å². The normalized spacial score (nSPS) is 15.6. The van der Waals surface area contributed by atoms with Gasteiger partial charge in [0, 0.05) is 22.9 Å². The van der Waals surface area contributed by atoms with Crippen LogP contribution in [0.15, 0.2) is 73.2 Å². The van der Waals surface area contributed by atoms with Gasteiger partial charge in [0.1, 0.15) is 11.9 Å². The monoisotopic (exact) mass is 504 g/mol. The van der Waals surface area contributed by atoms with Crippen LogP contribution in [0, 0.1) is 0 Å². The maximum atomic E-state index is 12.6. The third kappa shape index (κ3) is 4.55. The van der Waals surface area contributed by atoms with E-state index in [9.17, 15) is 4.79 Å². The van der Waals surface area contributed by atoms with Crippen molar-refractivity contribution in [3.8, 4) is 33.6 Å². The molecule has 1 amide bonds. The van der Waals surface area contributed by atoms with Gasteiger partial charge < -0.3 is 10.1 Å². The van der Waals surface area contributed by atoms with Gasteiger partial charge in [-0.15, -0.1) is 0 Å². The Labute approximate surface area is 223 Å². The number of fused-ring (bicyclic) bond motifs is 3. The van der Waals surface area contributed by atoms with Crippen LogP contribution in [0.2, 0.25) is 0 Å². The van der Waals surface area contributed by atoms with Gasteiger partial charge in [-0.2, -0.15) is 0 Å². The van der Waals surface area contributed by atoms with Crippen LogP contribution < -0.4 is 5.32 Å². The highest BCUT2D eigenvalue weighted by molar-refractivity contribution is 5.85. The molecule has 6 rings (SSSR count). The summed E-state index contributed by atoms with van der Waals surface area (Å²) >= 11 is 0. The molecule has 1 saturated carbocycles. The molecule has 2 aromatic carbocycles. The van der Waals surface area contributed by atoms with E-state index in [1.807, 2.05) is 33.0 Å². The number of carbonyl (C=O) groups excluding carboxylic acids is 1. The Balaban J connectivity index is 1.39. The van der Waals surface area contributed by atoms with Crippen molar-refractivity contribution in [2.24, 2.45) is 0 Å². The van der Waals surface area contributed by atoms with Gasteiger partial charge in [0.05, 0.1) is 22.6 Å². The molecule has 4 aromatic rings. The Bertz CT molecular complexity index is 1490. The number of amides is 1. The Hall–Kier alpha value is -4.06. The fourth-order valence-electron chi connectivity index (χ4n) is 5.50. The van der Waals surface area contributed by atoms with Crippen molar-refractivity contribution in [1.29, 1.82) is 0 Å². The summed E-state index contributed by atoms with van der Waals surface area (Å²) in [7, 11) is 0. The third-order valence-electron chi connectivity index (χ3n) is 7.52. The van der Waals surface area contributed by atoms with Crippen LogP contribution >= 0.6 is 0 Å². The Morgan fingerprint density at radius 3 is 2.37 bits per heavy atom. The average Bonchev–Trinajstić information content (AvgIpc) is 2.89. The smallest absolute Gasteiger partial charge is 0.408 e. The molecule has 192 valence electrons.